The maximum Gasteiger partial charge on any atom is 0.153 e. The fourth-order valence-electron chi connectivity index (χ4n) is 1.91. The molecule has 0 aliphatic rings. The lowest BCUT2D eigenvalue weighted by Gasteiger charge is -2.06. The molecule has 1 aromatic heterocycles. The molecule has 0 spiro atoms. The Morgan fingerprint density at radius 2 is 2.11 bits per heavy atom. The highest BCUT2D eigenvalue weighted by atomic mass is 16.5. The molecule has 0 saturated heterocycles. The first-order chi connectivity index (χ1) is 9.01. The monoisotopic (exact) mass is 260 g/mol. The number of methoxy groups -OCH3 is 1. The maximum absolute atomic E-state index is 5.91. The molecule has 5 nitrogen and oxygen atoms in total. The summed E-state index contributed by atoms with van der Waals surface area (Å²) in [5.74, 6) is 2.85. The van der Waals surface area contributed by atoms with Gasteiger partial charge in [0.05, 0.1) is 12.8 Å². The Morgan fingerprint density at radius 3 is 2.63 bits per heavy atom. The summed E-state index contributed by atoms with van der Waals surface area (Å²) < 4.78 is 6.98. The fraction of sp³-hybridized carbons (Fsp3) is 0.429. The summed E-state index contributed by atoms with van der Waals surface area (Å²) in [5.41, 5.74) is 7.65. The molecule has 1 heterocycles. The van der Waals surface area contributed by atoms with E-state index in [1.165, 1.54) is 0 Å². The molecule has 2 N–H and O–H groups in total. The minimum Gasteiger partial charge on any atom is -0.495 e. The van der Waals surface area contributed by atoms with Crippen LogP contribution in [-0.2, 0) is 13.5 Å². The van der Waals surface area contributed by atoms with Crippen LogP contribution in [0, 0.1) is 0 Å². The van der Waals surface area contributed by atoms with E-state index in [2.05, 4.69) is 23.9 Å². The molecular weight excluding hydrogens is 240 g/mol. The number of benzene rings is 1. The van der Waals surface area contributed by atoms with Crippen LogP contribution >= 0.6 is 0 Å². The standard InChI is InChI=1S/C14H20N4O/c1-9(2)14-16-13(18(3)17-14)8-10-5-6-12(19-4)11(15)7-10/h5-7,9H,8,15H2,1-4H3. The third-order valence-corrected chi connectivity index (χ3v) is 3.04. The SMILES string of the molecule is COc1ccc(Cc2nc(C(C)C)nn2C)cc1N. The highest BCUT2D eigenvalue weighted by Crippen LogP contribution is 2.23. The second-order valence-electron chi connectivity index (χ2n) is 4.92. The van der Waals surface area contributed by atoms with Crippen LogP contribution in [-0.4, -0.2) is 21.9 Å². The highest BCUT2D eigenvalue weighted by molar-refractivity contribution is 5.54. The molecule has 0 fully saturated rings. The number of nitrogen functional groups attached to an aromatic ring is 1. The average Bonchev–Trinajstić information content (AvgIpc) is 2.71. The zero-order valence-electron chi connectivity index (χ0n) is 11.8. The van der Waals surface area contributed by atoms with Crippen molar-refractivity contribution in [2.24, 2.45) is 7.05 Å². The Hall–Kier alpha value is -2.04. The minimum atomic E-state index is 0.334. The lowest BCUT2D eigenvalue weighted by Crippen LogP contribution is -2.01. The summed E-state index contributed by atoms with van der Waals surface area (Å²) in [6, 6.07) is 5.80. The van der Waals surface area contributed by atoms with E-state index in [4.69, 9.17) is 10.5 Å². The van der Waals surface area contributed by atoms with Crippen LogP contribution in [0.1, 0.15) is 37.0 Å². The van der Waals surface area contributed by atoms with Crippen LogP contribution in [0.2, 0.25) is 0 Å². The molecule has 102 valence electrons. The first kappa shape index (κ1) is 13.4. The van der Waals surface area contributed by atoms with Gasteiger partial charge in [0, 0.05) is 19.4 Å². The molecule has 2 aromatic rings. The lowest BCUT2D eigenvalue weighted by molar-refractivity contribution is 0.417. The van der Waals surface area contributed by atoms with Gasteiger partial charge in [-0.05, 0) is 17.7 Å². The van der Waals surface area contributed by atoms with Gasteiger partial charge in [-0.25, -0.2) is 4.98 Å². The first-order valence-corrected chi connectivity index (χ1v) is 6.33. The Balaban J connectivity index is 2.23. The zero-order valence-corrected chi connectivity index (χ0v) is 11.8. The number of ether oxygens (including phenoxy) is 1. The van der Waals surface area contributed by atoms with Gasteiger partial charge in [0.15, 0.2) is 5.82 Å². The second kappa shape index (κ2) is 5.30. The number of nitrogens with zero attached hydrogens (tertiary/aromatic N) is 3. The van der Waals surface area contributed by atoms with Crippen LogP contribution in [0.25, 0.3) is 0 Å². The van der Waals surface area contributed by atoms with E-state index in [-0.39, 0.29) is 0 Å². The quantitative estimate of drug-likeness (QED) is 0.855. The fourth-order valence-corrected chi connectivity index (χ4v) is 1.91. The molecule has 0 atom stereocenters. The van der Waals surface area contributed by atoms with Gasteiger partial charge in [0.1, 0.15) is 11.6 Å². The normalized spacial score (nSPS) is 11.0. The molecule has 0 saturated carbocycles. The first-order valence-electron chi connectivity index (χ1n) is 6.33. The van der Waals surface area contributed by atoms with Crippen molar-refractivity contribution in [2.45, 2.75) is 26.2 Å². The lowest BCUT2D eigenvalue weighted by atomic mass is 10.1. The van der Waals surface area contributed by atoms with Gasteiger partial charge < -0.3 is 10.5 Å². The van der Waals surface area contributed by atoms with Gasteiger partial charge in [-0.3, -0.25) is 4.68 Å². The molecule has 19 heavy (non-hydrogen) atoms. The Kier molecular flexibility index (Phi) is 3.74. The third-order valence-electron chi connectivity index (χ3n) is 3.04. The molecule has 0 amide bonds. The van der Waals surface area contributed by atoms with E-state index in [1.54, 1.807) is 7.11 Å². The Morgan fingerprint density at radius 1 is 1.37 bits per heavy atom. The summed E-state index contributed by atoms with van der Waals surface area (Å²) in [7, 11) is 3.53. The second-order valence-corrected chi connectivity index (χ2v) is 4.92. The van der Waals surface area contributed by atoms with E-state index < -0.39 is 0 Å². The molecule has 0 bridgehead atoms. The van der Waals surface area contributed by atoms with Gasteiger partial charge >= 0.3 is 0 Å². The Labute approximate surface area is 113 Å². The molecule has 0 aliphatic heterocycles. The van der Waals surface area contributed by atoms with Gasteiger partial charge in [-0.1, -0.05) is 19.9 Å². The van der Waals surface area contributed by atoms with Crippen LogP contribution < -0.4 is 10.5 Å². The van der Waals surface area contributed by atoms with Crippen molar-refractivity contribution in [3.63, 3.8) is 0 Å². The van der Waals surface area contributed by atoms with Crippen molar-refractivity contribution in [1.29, 1.82) is 0 Å². The number of hydrogen-bond donors (Lipinski definition) is 1. The van der Waals surface area contributed by atoms with Gasteiger partial charge in [0.25, 0.3) is 0 Å². The molecule has 2 rings (SSSR count). The van der Waals surface area contributed by atoms with Gasteiger partial charge in [-0.15, -0.1) is 0 Å². The molecule has 1 aromatic carbocycles. The van der Waals surface area contributed by atoms with Crippen molar-refractivity contribution in [1.82, 2.24) is 14.8 Å². The summed E-state index contributed by atoms with van der Waals surface area (Å²) in [6.45, 7) is 4.18. The minimum absolute atomic E-state index is 0.334. The van der Waals surface area contributed by atoms with E-state index in [1.807, 2.05) is 29.9 Å². The van der Waals surface area contributed by atoms with Gasteiger partial charge in [-0.2, -0.15) is 5.10 Å². The largest absolute Gasteiger partial charge is 0.495 e. The topological polar surface area (TPSA) is 66.0 Å². The number of anilines is 1. The van der Waals surface area contributed by atoms with Crippen molar-refractivity contribution in [3.05, 3.63) is 35.4 Å². The van der Waals surface area contributed by atoms with E-state index in [9.17, 15) is 0 Å². The van der Waals surface area contributed by atoms with Crippen molar-refractivity contribution >= 4 is 5.69 Å². The summed E-state index contributed by atoms with van der Waals surface area (Å²) in [6.07, 6.45) is 0.713. The highest BCUT2D eigenvalue weighted by Gasteiger charge is 2.11. The molecule has 0 radical (unpaired) electrons. The molecule has 0 unspecified atom stereocenters. The molecule has 5 heteroatoms. The number of rotatable bonds is 4. The number of aryl methyl sites for hydroxylation is 1. The smallest absolute Gasteiger partial charge is 0.153 e. The maximum atomic E-state index is 5.91. The van der Waals surface area contributed by atoms with Crippen molar-refractivity contribution < 1.29 is 4.74 Å². The van der Waals surface area contributed by atoms with Crippen LogP contribution in [0.4, 0.5) is 5.69 Å². The summed E-state index contributed by atoms with van der Waals surface area (Å²) in [5, 5.41) is 4.41. The zero-order chi connectivity index (χ0) is 14.0. The van der Waals surface area contributed by atoms with Crippen LogP contribution in [0.15, 0.2) is 18.2 Å². The van der Waals surface area contributed by atoms with Crippen LogP contribution in [0.5, 0.6) is 5.75 Å². The summed E-state index contributed by atoms with van der Waals surface area (Å²) >= 11 is 0. The average molecular weight is 260 g/mol. The number of aromatic nitrogens is 3. The van der Waals surface area contributed by atoms with Crippen molar-refractivity contribution in [3.8, 4) is 5.75 Å². The predicted octanol–water partition coefficient (Wildman–Crippen LogP) is 2.12. The van der Waals surface area contributed by atoms with Crippen molar-refractivity contribution in [2.75, 3.05) is 12.8 Å². The van der Waals surface area contributed by atoms with Crippen LogP contribution in [0.3, 0.4) is 0 Å². The van der Waals surface area contributed by atoms with Gasteiger partial charge in [0.2, 0.25) is 0 Å². The number of nitrogens with two attached hydrogens (primary N) is 1. The molecule has 0 aliphatic carbocycles. The predicted molar refractivity (Wildman–Crippen MR) is 75.3 cm³/mol. The summed E-state index contributed by atoms with van der Waals surface area (Å²) in [4.78, 5) is 4.56. The van der Waals surface area contributed by atoms with E-state index in [0.717, 1.165) is 17.2 Å². The number of hydrogen-bond acceptors (Lipinski definition) is 4. The third kappa shape index (κ3) is 2.86. The Bertz CT molecular complexity index is 575. The van der Waals surface area contributed by atoms with E-state index in [0.29, 0.717) is 23.8 Å². The molecular formula is C14H20N4O. The van der Waals surface area contributed by atoms with E-state index >= 15 is 0 Å².